The Morgan fingerprint density at radius 2 is 0.684 bits per heavy atom. The van der Waals surface area contributed by atoms with Gasteiger partial charge in [-0.1, -0.05) is 0 Å². The molecule has 0 atom stereocenters. The Kier molecular flexibility index (Phi) is 3.38. The summed E-state index contributed by atoms with van der Waals surface area (Å²) in [5.41, 5.74) is 0.900. The summed E-state index contributed by atoms with van der Waals surface area (Å²) in [6, 6.07) is 5.41. The summed E-state index contributed by atoms with van der Waals surface area (Å²) in [5, 5.41) is 61.0. The Balaban J connectivity index is 2.04. The highest BCUT2D eigenvalue weighted by atomic mass is 16.3. The molecule has 0 fully saturated rings. The van der Waals surface area contributed by atoms with E-state index >= 15 is 0 Å². The van der Waals surface area contributed by atoms with Crippen LogP contribution in [0, 0.1) is 20.8 Å². The van der Waals surface area contributed by atoms with E-state index in [1.54, 1.807) is 6.92 Å². The second-order valence-electron chi connectivity index (χ2n) is 10.5. The Labute approximate surface area is 212 Å². The van der Waals surface area contributed by atoms with E-state index in [9.17, 15) is 35.1 Å². The highest BCUT2D eigenvalue weighted by Gasteiger charge is 2.32. The van der Waals surface area contributed by atoms with Crippen LogP contribution in [0.1, 0.15) is 16.7 Å². The smallest absolute Gasteiger partial charge is 0.190 e. The number of aromatic hydroxyl groups is 5. The third kappa shape index (κ3) is 1.96. The molecule has 0 spiro atoms. The maximum absolute atomic E-state index is 13.5. The maximum Gasteiger partial charge on any atom is 0.190 e. The van der Waals surface area contributed by atoms with E-state index in [1.807, 2.05) is 13.8 Å². The van der Waals surface area contributed by atoms with Crippen LogP contribution in [0.3, 0.4) is 0 Å². The van der Waals surface area contributed by atoms with Gasteiger partial charge in [-0.3, -0.25) is 9.59 Å². The lowest BCUT2D eigenvalue weighted by molar-refractivity contribution is 0.459. The predicted molar refractivity (Wildman–Crippen MR) is 149 cm³/mol. The molecule has 0 aliphatic rings. The molecule has 5 N–H and O–H groups in total. The summed E-state index contributed by atoms with van der Waals surface area (Å²) in [5.74, 6) is -1.56. The molecular weight excluding hydrogens is 484 g/mol. The van der Waals surface area contributed by atoms with E-state index in [0.29, 0.717) is 65.2 Å². The second-order valence-corrected chi connectivity index (χ2v) is 10.5. The van der Waals surface area contributed by atoms with Crippen LogP contribution >= 0.6 is 0 Å². The molecule has 0 saturated heterocycles. The number of phenolic OH excluding ortho intramolecular Hbond substituents is 5. The molecule has 0 unspecified atom stereocenters. The standard InChI is InChI=1S/C31H18O7/c1-8-4-11(32)20-24-16(8)17-9(2)5-12(33)21-25(17)29-27-19(14(35)7-15(36)23(27)31(21)38)18-10(3)6-13(34)22(30(20)37)26(18)28(24)29/h4-7,32-33,36-38H,1-3H3. The van der Waals surface area contributed by atoms with Gasteiger partial charge in [0.1, 0.15) is 28.7 Å². The molecule has 0 saturated carbocycles. The minimum Gasteiger partial charge on any atom is -0.507 e. The van der Waals surface area contributed by atoms with Crippen molar-refractivity contribution < 1.29 is 25.5 Å². The third-order valence-electron chi connectivity index (χ3n) is 8.46. The molecule has 0 heterocycles. The van der Waals surface area contributed by atoms with Crippen molar-refractivity contribution in [2.24, 2.45) is 0 Å². The van der Waals surface area contributed by atoms with Crippen LogP contribution in [-0.2, 0) is 0 Å². The largest absolute Gasteiger partial charge is 0.507 e. The Bertz CT molecular complexity index is 2480. The van der Waals surface area contributed by atoms with Gasteiger partial charge in [0.05, 0.1) is 21.5 Å². The van der Waals surface area contributed by atoms with Gasteiger partial charge in [-0.25, -0.2) is 0 Å². The fourth-order valence-electron chi connectivity index (χ4n) is 7.20. The van der Waals surface area contributed by atoms with Crippen molar-refractivity contribution in [3.8, 4) is 28.7 Å². The van der Waals surface area contributed by atoms with Gasteiger partial charge in [0.2, 0.25) is 0 Å². The Morgan fingerprint density at radius 3 is 1.21 bits per heavy atom. The molecule has 0 bridgehead atoms. The predicted octanol–water partition coefficient (Wildman–Crippen LogP) is 5.68. The van der Waals surface area contributed by atoms with Crippen LogP contribution in [0.4, 0.5) is 0 Å². The zero-order chi connectivity index (χ0) is 26.7. The van der Waals surface area contributed by atoms with Crippen LogP contribution in [0.25, 0.3) is 75.4 Å². The minimum absolute atomic E-state index is 0.0122. The number of fused-ring (bicyclic) bond motifs is 2. The Morgan fingerprint density at radius 1 is 0.368 bits per heavy atom. The van der Waals surface area contributed by atoms with Gasteiger partial charge >= 0.3 is 0 Å². The number of rotatable bonds is 0. The van der Waals surface area contributed by atoms with Gasteiger partial charge in [0.15, 0.2) is 10.9 Å². The first kappa shape index (κ1) is 21.1. The van der Waals surface area contributed by atoms with Crippen LogP contribution in [-0.4, -0.2) is 25.5 Å². The number of phenols is 5. The normalized spacial score (nSPS) is 12.8. The molecule has 8 aromatic carbocycles. The molecule has 0 aromatic heterocycles. The SMILES string of the molecule is Cc1cc(O)c2c(O)c3c(=O)cc(C)c4c5c(=O)cc(O)c6c(O)c7c(O)cc(C)c8c1c2c(c34)c(c78)c65. The molecule has 8 rings (SSSR count). The third-order valence-corrected chi connectivity index (χ3v) is 8.46. The van der Waals surface area contributed by atoms with Gasteiger partial charge in [0, 0.05) is 43.8 Å². The summed E-state index contributed by atoms with van der Waals surface area (Å²) < 4.78 is 0. The van der Waals surface area contributed by atoms with Gasteiger partial charge in [-0.15, -0.1) is 0 Å². The first-order valence-electron chi connectivity index (χ1n) is 12.1. The monoisotopic (exact) mass is 502 g/mol. The Hall–Kier alpha value is -5.04. The van der Waals surface area contributed by atoms with E-state index in [2.05, 4.69) is 0 Å². The fraction of sp³-hybridized carbons (Fsp3) is 0.0968. The van der Waals surface area contributed by atoms with Crippen molar-refractivity contribution in [1.29, 1.82) is 0 Å². The van der Waals surface area contributed by atoms with Gasteiger partial charge < -0.3 is 25.5 Å². The van der Waals surface area contributed by atoms with Gasteiger partial charge in [-0.2, -0.15) is 0 Å². The number of hydrogen-bond acceptors (Lipinski definition) is 7. The molecule has 7 heteroatoms. The van der Waals surface area contributed by atoms with Gasteiger partial charge in [-0.05, 0) is 71.8 Å². The summed E-state index contributed by atoms with van der Waals surface area (Å²) in [7, 11) is 0. The lowest BCUT2D eigenvalue weighted by atomic mass is 9.77. The lowest BCUT2D eigenvalue weighted by Crippen LogP contribution is -2.09. The summed E-state index contributed by atoms with van der Waals surface area (Å²) in [6.07, 6.45) is 0. The zero-order valence-corrected chi connectivity index (χ0v) is 20.4. The lowest BCUT2D eigenvalue weighted by Gasteiger charge is -2.26. The second kappa shape index (κ2) is 6.08. The van der Waals surface area contributed by atoms with Crippen LogP contribution in [0.2, 0.25) is 0 Å². The molecule has 7 nitrogen and oxygen atoms in total. The molecule has 0 radical (unpaired) electrons. The van der Waals surface area contributed by atoms with Crippen LogP contribution in [0.15, 0.2) is 33.9 Å². The van der Waals surface area contributed by atoms with E-state index < -0.39 is 16.6 Å². The molecule has 8 aromatic rings. The fourth-order valence-corrected chi connectivity index (χ4v) is 7.20. The van der Waals surface area contributed by atoms with Crippen molar-refractivity contribution in [3.63, 3.8) is 0 Å². The first-order chi connectivity index (χ1) is 18.0. The molecule has 184 valence electrons. The van der Waals surface area contributed by atoms with E-state index in [1.165, 1.54) is 18.2 Å². The summed E-state index contributed by atoms with van der Waals surface area (Å²) in [4.78, 5) is 26.9. The van der Waals surface area contributed by atoms with Crippen molar-refractivity contribution in [3.05, 3.63) is 61.4 Å². The maximum atomic E-state index is 13.5. The quantitative estimate of drug-likeness (QED) is 0.133. The average Bonchev–Trinajstić information content (AvgIpc) is 2.82. The molecule has 0 amide bonds. The molecule has 0 aliphatic heterocycles. The molecule has 0 aliphatic carbocycles. The number of benzene rings is 8. The van der Waals surface area contributed by atoms with E-state index in [4.69, 9.17) is 0 Å². The zero-order valence-electron chi connectivity index (χ0n) is 20.4. The average molecular weight is 502 g/mol. The highest BCUT2D eigenvalue weighted by molar-refractivity contribution is 6.51. The summed E-state index contributed by atoms with van der Waals surface area (Å²) in [6.45, 7) is 5.33. The highest BCUT2D eigenvalue weighted by Crippen LogP contribution is 2.58. The minimum atomic E-state index is -0.505. The summed E-state index contributed by atoms with van der Waals surface area (Å²) >= 11 is 0. The van der Waals surface area contributed by atoms with E-state index in [-0.39, 0.29) is 49.9 Å². The van der Waals surface area contributed by atoms with Gasteiger partial charge in [0.25, 0.3) is 0 Å². The number of aryl methyl sites for hydroxylation is 3. The van der Waals surface area contributed by atoms with Crippen molar-refractivity contribution in [2.75, 3.05) is 0 Å². The topological polar surface area (TPSA) is 135 Å². The van der Waals surface area contributed by atoms with Crippen LogP contribution < -0.4 is 10.9 Å². The van der Waals surface area contributed by atoms with Crippen molar-refractivity contribution in [1.82, 2.24) is 0 Å². The molecular formula is C31H18O7. The molecule has 38 heavy (non-hydrogen) atoms. The number of hydrogen-bond donors (Lipinski definition) is 5. The first-order valence-corrected chi connectivity index (χ1v) is 12.1. The van der Waals surface area contributed by atoms with Crippen molar-refractivity contribution >= 4 is 75.4 Å². The van der Waals surface area contributed by atoms with Crippen molar-refractivity contribution in [2.45, 2.75) is 20.8 Å². The van der Waals surface area contributed by atoms with E-state index in [0.717, 1.165) is 6.07 Å². The van der Waals surface area contributed by atoms with Crippen LogP contribution in [0.5, 0.6) is 28.7 Å².